The number of aromatic nitrogens is 1. The van der Waals surface area contributed by atoms with E-state index < -0.39 is 0 Å². The fourth-order valence-corrected chi connectivity index (χ4v) is 3.26. The molecule has 0 aliphatic heterocycles. The molecule has 0 saturated carbocycles. The number of nitrogens with zero attached hydrogens (tertiary/aromatic N) is 1. The Morgan fingerprint density at radius 3 is 2.52 bits per heavy atom. The highest BCUT2D eigenvalue weighted by molar-refractivity contribution is 7.98. The van der Waals surface area contributed by atoms with Crippen LogP contribution in [0, 0.1) is 5.82 Å². The third kappa shape index (κ3) is 3.01. The van der Waals surface area contributed by atoms with Crippen LogP contribution in [0.2, 0.25) is 0 Å². The highest BCUT2D eigenvalue weighted by Crippen LogP contribution is 2.29. The van der Waals surface area contributed by atoms with Crippen molar-refractivity contribution in [3.63, 3.8) is 0 Å². The van der Waals surface area contributed by atoms with Gasteiger partial charge in [0.25, 0.3) is 0 Å². The molecule has 0 fully saturated rings. The highest BCUT2D eigenvalue weighted by Gasteiger charge is 2.15. The number of anilines is 2. The van der Waals surface area contributed by atoms with Crippen LogP contribution in [0.4, 0.5) is 15.8 Å². The first kappa shape index (κ1) is 15.7. The first-order valence-electron chi connectivity index (χ1n) is 7.44. The molecule has 1 atom stereocenters. The number of hydrogen-bond donors (Lipinski definition) is 2. The van der Waals surface area contributed by atoms with Crippen molar-refractivity contribution in [3.05, 3.63) is 54.0 Å². The zero-order chi connectivity index (χ0) is 16.6. The van der Waals surface area contributed by atoms with E-state index in [0.29, 0.717) is 11.1 Å². The van der Waals surface area contributed by atoms with E-state index >= 15 is 0 Å². The van der Waals surface area contributed by atoms with Gasteiger partial charge in [-0.3, -0.25) is 0 Å². The third-order valence-electron chi connectivity index (χ3n) is 4.09. The lowest BCUT2D eigenvalue weighted by atomic mass is 10.2. The topological polar surface area (TPSA) is 43.0 Å². The summed E-state index contributed by atoms with van der Waals surface area (Å²) in [6.45, 7) is 2.07. The number of thioether (sulfide) groups is 1. The Labute approximate surface area is 139 Å². The average Bonchev–Trinajstić information content (AvgIpc) is 2.86. The normalized spacial score (nSPS) is 12.5. The molecule has 2 aromatic carbocycles. The van der Waals surface area contributed by atoms with Gasteiger partial charge in [-0.1, -0.05) is 0 Å². The van der Waals surface area contributed by atoms with Gasteiger partial charge in [0.05, 0.1) is 11.6 Å². The molecule has 23 heavy (non-hydrogen) atoms. The maximum atomic E-state index is 14.1. The summed E-state index contributed by atoms with van der Waals surface area (Å²) in [7, 11) is 1.94. The molecule has 120 valence electrons. The highest BCUT2D eigenvalue weighted by atomic mass is 32.2. The standard InChI is InChI=1S/C18H20FN3S/c1-11(21-13-4-6-14(23-3)7-5-13)17-10-15-16(19)8-12(20)9-18(15)22(17)2/h4-11,21H,20H2,1-3H3. The summed E-state index contributed by atoms with van der Waals surface area (Å²) in [5.74, 6) is -0.279. The van der Waals surface area contributed by atoms with E-state index in [1.54, 1.807) is 11.8 Å². The first-order chi connectivity index (χ1) is 11.0. The minimum absolute atomic E-state index is 0.0492. The number of halogens is 1. The summed E-state index contributed by atoms with van der Waals surface area (Å²) in [5, 5.41) is 4.06. The van der Waals surface area contributed by atoms with Crippen molar-refractivity contribution in [2.24, 2.45) is 7.05 Å². The zero-order valence-corrected chi connectivity index (χ0v) is 14.2. The van der Waals surface area contributed by atoms with Crippen molar-refractivity contribution in [2.75, 3.05) is 17.3 Å². The van der Waals surface area contributed by atoms with Crippen LogP contribution in [0.5, 0.6) is 0 Å². The van der Waals surface area contributed by atoms with Gasteiger partial charge in [0.2, 0.25) is 0 Å². The lowest BCUT2D eigenvalue weighted by molar-refractivity contribution is 0.640. The molecule has 3 aromatic rings. The summed E-state index contributed by atoms with van der Waals surface area (Å²) in [4.78, 5) is 1.23. The van der Waals surface area contributed by atoms with Crippen LogP contribution in [-0.4, -0.2) is 10.8 Å². The summed E-state index contributed by atoms with van der Waals surface area (Å²) in [6.07, 6.45) is 2.06. The smallest absolute Gasteiger partial charge is 0.134 e. The first-order valence-corrected chi connectivity index (χ1v) is 8.67. The lowest BCUT2D eigenvalue weighted by Gasteiger charge is -2.17. The number of nitrogens with two attached hydrogens (primary N) is 1. The second-order valence-corrected chi connectivity index (χ2v) is 6.54. The predicted molar refractivity (Wildman–Crippen MR) is 97.6 cm³/mol. The van der Waals surface area contributed by atoms with Crippen LogP contribution < -0.4 is 11.1 Å². The summed E-state index contributed by atoms with van der Waals surface area (Å²) >= 11 is 1.72. The van der Waals surface area contributed by atoms with Crippen LogP contribution in [0.3, 0.4) is 0 Å². The number of benzene rings is 2. The SMILES string of the molecule is CSc1ccc(NC(C)c2cc3c(F)cc(N)cc3n2C)cc1. The van der Waals surface area contributed by atoms with Crippen LogP contribution in [0.1, 0.15) is 18.7 Å². The number of aryl methyl sites for hydroxylation is 1. The van der Waals surface area contributed by atoms with Gasteiger partial charge in [-0.05, 0) is 55.6 Å². The summed E-state index contributed by atoms with van der Waals surface area (Å²) < 4.78 is 16.1. The fraction of sp³-hybridized carbons (Fsp3) is 0.222. The molecular weight excluding hydrogens is 309 g/mol. The zero-order valence-electron chi connectivity index (χ0n) is 13.4. The van der Waals surface area contributed by atoms with E-state index in [4.69, 9.17) is 5.73 Å². The Morgan fingerprint density at radius 2 is 1.87 bits per heavy atom. The molecule has 3 rings (SSSR count). The summed E-state index contributed by atoms with van der Waals surface area (Å²) in [5.41, 5.74) is 9.06. The van der Waals surface area contributed by atoms with Gasteiger partial charge in [0.1, 0.15) is 5.82 Å². The van der Waals surface area contributed by atoms with Gasteiger partial charge in [-0.15, -0.1) is 11.8 Å². The molecule has 0 aliphatic carbocycles. The van der Waals surface area contributed by atoms with Crippen molar-refractivity contribution in [3.8, 4) is 0 Å². The quantitative estimate of drug-likeness (QED) is 0.534. The lowest BCUT2D eigenvalue weighted by Crippen LogP contribution is -2.10. The minimum atomic E-state index is -0.279. The van der Waals surface area contributed by atoms with Crippen LogP contribution in [0.15, 0.2) is 47.4 Å². The van der Waals surface area contributed by atoms with Crippen LogP contribution in [-0.2, 0) is 7.05 Å². The summed E-state index contributed by atoms with van der Waals surface area (Å²) in [6, 6.07) is 13.4. The van der Waals surface area contributed by atoms with Crippen molar-refractivity contribution >= 4 is 34.0 Å². The van der Waals surface area contributed by atoms with E-state index in [2.05, 4.69) is 42.8 Å². The number of fused-ring (bicyclic) bond motifs is 1. The Balaban J connectivity index is 1.92. The van der Waals surface area contributed by atoms with Gasteiger partial charge in [-0.25, -0.2) is 4.39 Å². The molecule has 3 N–H and O–H groups in total. The largest absolute Gasteiger partial charge is 0.399 e. The predicted octanol–water partition coefficient (Wildman–Crippen LogP) is 4.79. The van der Waals surface area contributed by atoms with Crippen LogP contribution in [0.25, 0.3) is 10.9 Å². The Kier molecular flexibility index (Phi) is 4.22. The molecule has 0 amide bonds. The number of hydrogen-bond acceptors (Lipinski definition) is 3. The monoisotopic (exact) mass is 329 g/mol. The third-order valence-corrected chi connectivity index (χ3v) is 4.83. The van der Waals surface area contributed by atoms with E-state index in [-0.39, 0.29) is 11.9 Å². The van der Waals surface area contributed by atoms with Crippen LogP contribution >= 0.6 is 11.8 Å². The molecule has 5 heteroatoms. The van der Waals surface area contributed by atoms with Crippen molar-refractivity contribution in [1.29, 1.82) is 0 Å². The minimum Gasteiger partial charge on any atom is -0.399 e. The molecule has 0 aliphatic rings. The maximum Gasteiger partial charge on any atom is 0.134 e. The van der Waals surface area contributed by atoms with E-state index in [1.165, 1.54) is 11.0 Å². The van der Waals surface area contributed by atoms with Gasteiger partial charge < -0.3 is 15.6 Å². The Bertz CT molecular complexity index is 840. The molecule has 1 heterocycles. The van der Waals surface area contributed by atoms with Gasteiger partial charge in [0, 0.05) is 34.4 Å². The number of rotatable bonds is 4. The fourth-order valence-electron chi connectivity index (χ4n) is 2.85. The molecule has 1 aromatic heterocycles. The molecular formula is C18H20FN3S. The molecule has 3 nitrogen and oxygen atoms in total. The number of nitrogen functional groups attached to an aromatic ring is 1. The molecule has 1 unspecified atom stereocenters. The molecule has 0 bridgehead atoms. The van der Waals surface area contributed by atoms with E-state index in [0.717, 1.165) is 16.9 Å². The van der Waals surface area contributed by atoms with Crippen molar-refractivity contribution in [2.45, 2.75) is 17.9 Å². The molecule has 0 saturated heterocycles. The Morgan fingerprint density at radius 1 is 1.17 bits per heavy atom. The van der Waals surface area contributed by atoms with Gasteiger partial charge in [0.15, 0.2) is 0 Å². The van der Waals surface area contributed by atoms with Gasteiger partial charge >= 0.3 is 0 Å². The van der Waals surface area contributed by atoms with E-state index in [1.807, 2.05) is 23.7 Å². The molecule has 0 radical (unpaired) electrons. The average molecular weight is 329 g/mol. The van der Waals surface area contributed by atoms with Gasteiger partial charge in [-0.2, -0.15) is 0 Å². The van der Waals surface area contributed by atoms with Crippen molar-refractivity contribution in [1.82, 2.24) is 4.57 Å². The second kappa shape index (κ2) is 6.16. The number of nitrogens with one attached hydrogen (secondary N) is 1. The van der Waals surface area contributed by atoms with Crippen molar-refractivity contribution < 1.29 is 4.39 Å². The second-order valence-electron chi connectivity index (χ2n) is 5.66. The Hall–Kier alpha value is -2.14. The maximum absolute atomic E-state index is 14.1. The van der Waals surface area contributed by atoms with E-state index in [9.17, 15) is 4.39 Å². The molecule has 0 spiro atoms.